The Labute approximate surface area is 253 Å². The van der Waals surface area contributed by atoms with E-state index in [2.05, 4.69) is 10.3 Å². The highest BCUT2D eigenvalue weighted by molar-refractivity contribution is 5.93. The number of nitrogens with one attached hydrogen (secondary N) is 1. The Morgan fingerprint density at radius 3 is 2.39 bits per heavy atom. The second-order valence-electron chi connectivity index (χ2n) is 12.1. The van der Waals surface area contributed by atoms with E-state index in [0.29, 0.717) is 61.1 Å². The molecule has 4 atom stereocenters. The molecule has 3 aliphatic rings. The zero-order valence-corrected chi connectivity index (χ0v) is 24.6. The van der Waals surface area contributed by atoms with Gasteiger partial charge in [-0.3, -0.25) is 4.79 Å². The van der Waals surface area contributed by atoms with Gasteiger partial charge in [-0.25, -0.2) is 24.3 Å². The standard InChI is InChI=1S/C29H38N8O7/c1-16-14-28(16,26(30)39)37-25-21(24(34-37)17-9-11-44-12-10-17)6-8-23(33-25)32-22-7-4-19(15-31-22)36(29(41,42)43)27(40)35(2)18-3-5-20(38)13-18/h4,6-8,15-18,20,38,41-43H,3,5,9-14H2,1-2H3,(H2,30,39)(H,31,32,33). The van der Waals surface area contributed by atoms with Crippen molar-refractivity contribution in [1.82, 2.24) is 24.6 Å². The molecule has 3 aromatic rings. The predicted molar refractivity (Wildman–Crippen MR) is 157 cm³/mol. The molecule has 0 bridgehead atoms. The summed E-state index contributed by atoms with van der Waals surface area (Å²) in [6.45, 7) is 3.24. The molecule has 3 fully saturated rings. The van der Waals surface area contributed by atoms with Crippen molar-refractivity contribution in [3.63, 3.8) is 0 Å². The summed E-state index contributed by atoms with van der Waals surface area (Å²) in [6, 6.07) is 5.36. The number of hydrogen-bond acceptors (Lipinski definition) is 11. The van der Waals surface area contributed by atoms with Gasteiger partial charge in [-0.15, -0.1) is 0 Å². The van der Waals surface area contributed by atoms with Gasteiger partial charge in [0.15, 0.2) is 5.65 Å². The third kappa shape index (κ3) is 5.34. The molecule has 7 N–H and O–H groups in total. The van der Waals surface area contributed by atoms with Gasteiger partial charge in [-0.2, -0.15) is 5.10 Å². The number of ether oxygens (including phenoxy) is 1. The molecule has 1 saturated heterocycles. The number of aromatic nitrogens is 4. The van der Waals surface area contributed by atoms with E-state index in [1.54, 1.807) is 10.7 Å². The van der Waals surface area contributed by atoms with Crippen LogP contribution >= 0.6 is 0 Å². The molecule has 1 aliphatic heterocycles. The number of aliphatic hydroxyl groups excluding tert-OH is 1. The SMILES string of the molecule is CC1CC1(C(N)=O)n1nc(C2CCOCC2)c2ccc(Nc3ccc(N(C(=O)N(C)C4CCC(O)C4)C(O)(O)O)cn3)nc21. The number of pyridine rings is 2. The molecular formula is C29H38N8O7. The summed E-state index contributed by atoms with van der Waals surface area (Å²) in [5.74, 6) is 0.463. The van der Waals surface area contributed by atoms with E-state index in [9.17, 15) is 30.0 Å². The molecule has 0 radical (unpaired) electrons. The smallest absolute Gasteiger partial charge is 0.377 e. The molecule has 6 rings (SSSR count). The lowest BCUT2D eigenvalue weighted by molar-refractivity contribution is -0.304. The predicted octanol–water partition coefficient (Wildman–Crippen LogP) is 1.04. The van der Waals surface area contributed by atoms with Crippen LogP contribution in [0, 0.1) is 5.92 Å². The van der Waals surface area contributed by atoms with Crippen molar-refractivity contribution in [2.24, 2.45) is 11.7 Å². The second-order valence-corrected chi connectivity index (χ2v) is 12.1. The van der Waals surface area contributed by atoms with E-state index >= 15 is 0 Å². The summed E-state index contributed by atoms with van der Waals surface area (Å²) in [7, 11) is 1.47. The van der Waals surface area contributed by atoms with Crippen LogP contribution < -0.4 is 16.0 Å². The lowest BCUT2D eigenvalue weighted by Gasteiger charge is -2.35. The number of aliphatic hydroxyl groups is 4. The molecule has 15 heteroatoms. The topological polar surface area (TPSA) is 212 Å². The molecule has 4 heterocycles. The normalized spacial score (nSPS) is 25.6. The van der Waals surface area contributed by atoms with Gasteiger partial charge in [0.1, 0.15) is 17.2 Å². The van der Waals surface area contributed by atoms with Crippen LogP contribution in [-0.4, -0.2) is 95.5 Å². The molecule has 4 unspecified atom stereocenters. The number of amides is 3. The number of anilines is 3. The van der Waals surface area contributed by atoms with Crippen molar-refractivity contribution in [1.29, 1.82) is 0 Å². The van der Waals surface area contributed by atoms with Gasteiger partial charge >= 0.3 is 12.1 Å². The third-order valence-electron chi connectivity index (χ3n) is 9.22. The van der Waals surface area contributed by atoms with Crippen LogP contribution in [0.3, 0.4) is 0 Å². The van der Waals surface area contributed by atoms with Crippen LogP contribution in [0.2, 0.25) is 0 Å². The lowest BCUT2D eigenvalue weighted by Crippen LogP contribution is -2.57. The summed E-state index contributed by atoms with van der Waals surface area (Å²) < 4.78 is 7.21. The molecule has 44 heavy (non-hydrogen) atoms. The first kappa shape index (κ1) is 30.1. The minimum atomic E-state index is -3.50. The summed E-state index contributed by atoms with van der Waals surface area (Å²) in [4.78, 5) is 36.6. The first-order valence-corrected chi connectivity index (χ1v) is 14.8. The molecule has 15 nitrogen and oxygen atoms in total. The summed E-state index contributed by atoms with van der Waals surface area (Å²) in [5, 5.41) is 48.8. The number of hydrogen-bond donors (Lipinski definition) is 6. The average molecular weight is 611 g/mol. The number of nitrogens with two attached hydrogens (primary N) is 1. The number of carbonyl (C=O) groups excluding carboxylic acids is 2. The van der Waals surface area contributed by atoms with Crippen molar-refractivity contribution in [3.05, 3.63) is 36.2 Å². The van der Waals surface area contributed by atoms with Crippen LogP contribution in [0.5, 0.6) is 0 Å². The summed E-state index contributed by atoms with van der Waals surface area (Å²) >= 11 is 0. The minimum absolute atomic E-state index is 0.0124. The first-order chi connectivity index (χ1) is 20.9. The Kier molecular flexibility index (Phi) is 7.70. The fraction of sp³-hybridized carbons (Fsp3) is 0.552. The lowest BCUT2D eigenvalue weighted by atomic mass is 9.95. The van der Waals surface area contributed by atoms with Gasteiger partial charge in [-0.1, -0.05) is 6.92 Å². The number of primary amides is 1. The maximum Gasteiger partial charge on any atom is 0.377 e. The fourth-order valence-electron chi connectivity index (χ4n) is 6.53. The Balaban J connectivity index is 1.28. The van der Waals surface area contributed by atoms with E-state index in [1.165, 1.54) is 30.3 Å². The largest absolute Gasteiger partial charge is 0.393 e. The Morgan fingerprint density at radius 2 is 1.82 bits per heavy atom. The van der Waals surface area contributed by atoms with Crippen molar-refractivity contribution in [3.8, 4) is 0 Å². The van der Waals surface area contributed by atoms with Crippen LogP contribution in [0.15, 0.2) is 30.5 Å². The Morgan fingerprint density at radius 1 is 1.11 bits per heavy atom. The van der Waals surface area contributed by atoms with Gasteiger partial charge in [0, 0.05) is 37.6 Å². The molecule has 0 spiro atoms. The molecule has 3 amide bonds. The van der Waals surface area contributed by atoms with E-state index in [1.807, 2.05) is 13.0 Å². The highest BCUT2D eigenvalue weighted by atomic mass is 16.7. The quantitative estimate of drug-likeness (QED) is 0.198. The number of fused-ring (bicyclic) bond motifs is 1. The van der Waals surface area contributed by atoms with Gasteiger partial charge < -0.3 is 41.1 Å². The summed E-state index contributed by atoms with van der Waals surface area (Å²) in [5.41, 5.74) is 6.25. The molecule has 2 saturated carbocycles. The maximum atomic E-state index is 13.2. The van der Waals surface area contributed by atoms with Crippen LogP contribution in [0.4, 0.5) is 22.1 Å². The third-order valence-corrected chi connectivity index (χ3v) is 9.22. The number of rotatable bonds is 8. The van der Waals surface area contributed by atoms with Crippen molar-refractivity contribution in [2.45, 2.75) is 75.1 Å². The van der Waals surface area contributed by atoms with Gasteiger partial charge in [0.25, 0.3) is 0 Å². The van der Waals surface area contributed by atoms with Gasteiger partial charge in [0.05, 0.1) is 23.7 Å². The Hall–Kier alpha value is -3.89. The van der Waals surface area contributed by atoms with E-state index < -0.39 is 29.7 Å². The van der Waals surface area contributed by atoms with Crippen molar-refractivity contribution in [2.75, 3.05) is 30.5 Å². The van der Waals surface area contributed by atoms with Gasteiger partial charge in [0.2, 0.25) is 5.91 Å². The Bertz CT molecular complexity index is 1550. The minimum Gasteiger partial charge on any atom is -0.393 e. The monoisotopic (exact) mass is 610 g/mol. The van der Waals surface area contributed by atoms with Crippen LogP contribution in [-0.2, 0) is 15.1 Å². The van der Waals surface area contributed by atoms with Crippen molar-refractivity contribution < 1.29 is 34.8 Å². The van der Waals surface area contributed by atoms with Gasteiger partial charge in [-0.05, 0) is 68.7 Å². The average Bonchev–Trinajstić information content (AvgIpc) is 3.29. The van der Waals surface area contributed by atoms with Crippen LogP contribution in [0.1, 0.15) is 57.1 Å². The molecule has 3 aromatic heterocycles. The van der Waals surface area contributed by atoms with Crippen molar-refractivity contribution >= 4 is 40.3 Å². The van der Waals surface area contributed by atoms with E-state index in [-0.39, 0.29) is 23.6 Å². The molecule has 0 aromatic carbocycles. The summed E-state index contributed by atoms with van der Waals surface area (Å²) in [6.07, 6.45) is 0.768. The highest BCUT2D eigenvalue weighted by Crippen LogP contribution is 2.51. The maximum absolute atomic E-state index is 13.2. The second kappa shape index (κ2) is 11.2. The fourth-order valence-corrected chi connectivity index (χ4v) is 6.53. The number of nitrogens with zero attached hydrogens (tertiary/aromatic N) is 6. The first-order valence-electron chi connectivity index (χ1n) is 14.8. The molecular weight excluding hydrogens is 572 g/mol. The zero-order valence-electron chi connectivity index (χ0n) is 24.6. The van der Waals surface area contributed by atoms with E-state index in [0.717, 1.165) is 23.9 Å². The molecule has 236 valence electrons. The van der Waals surface area contributed by atoms with E-state index in [4.69, 9.17) is 20.6 Å². The molecule has 2 aliphatic carbocycles. The van der Waals surface area contributed by atoms with Crippen LogP contribution in [0.25, 0.3) is 11.0 Å². The highest BCUT2D eigenvalue weighted by Gasteiger charge is 2.60. The number of carbonyl (C=O) groups is 2. The number of urea groups is 1. The zero-order chi connectivity index (χ0) is 31.4.